The first kappa shape index (κ1) is 9.81. The largest absolute Gasteiger partial charge is 0.197 e. The predicted octanol–water partition coefficient (Wildman–Crippen LogP) is 2.79. The first-order valence-corrected chi connectivity index (χ1v) is 4.72. The van der Waals surface area contributed by atoms with Crippen molar-refractivity contribution >= 4 is 0 Å². The molecule has 0 aromatic rings. The van der Waals surface area contributed by atoms with Gasteiger partial charge in [-0.15, -0.1) is 6.58 Å². The summed E-state index contributed by atoms with van der Waals surface area (Å²) in [4.78, 5) is 0. The minimum atomic E-state index is -0.509. The molecule has 0 bridgehead atoms. The summed E-state index contributed by atoms with van der Waals surface area (Å²) in [6.07, 6.45) is 7.17. The predicted molar refractivity (Wildman–Crippen MR) is 50.4 cm³/mol. The van der Waals surface area contributed by atoms with E-state index in [0.717, 1.165) is 25.7 Å². The molecule has 0 saturated heterocycles. The maximum Gasteiger partial charge on any atom is 0.142 e. The summed E-state index contributed by atoms with van der Waals surface area (Å²) < 4.78 is 0. The van der Waals surface area contributed by atoms with Crippen molar-refractivity contribution in [1.82, 2.24) is 0 Å². The molecule has 0 spiro atoms. The van der Waals surface area contributed by atoms with Gasteiger partial charge in [0.2, 0.25) is 0 Å². The van der Waals surface area contributed by atoms with E-state index in [4.69, 9.17) is 10.5 Å². The average molecular weight is 174 g/mol. The first-order valence-electron chi connectivity index (χ1n) is 4.72. The number of hydrogen-bond acceptors (Lipinski definition) is 2. The molecule has 1 fully saturated rings. The van der Waals surface area contributed by atoms with Crippen molar-refractivity contribution in [3.05, 3.63) is 12.7 Å². The molecular weight excluding hydrogens is 160 g/mol. The summed E-state index contributed by atoms with van der Waals surface area (Å²) >= 11 is 0. The minimum Gasteiger partial charge on any atom is -0.197 e. The molecular formula is C11H14N2. The lowest BCUT2D eigenvalue weighted by atomic mass is 9.67. The summed E-state index contributed by atoms with van der Waals surface area (Å²) in [5, 5.41) is 17.7. The van der Waals surface area contributed by atoms with Crippen molar-refractivity contribution in [1.29, 1.82) is 10.5 Å². The second kappa shape index (κ2) is 4.10. The van der Waals surface area contributed by atoms with Crippen LogP contribution in [0.1, 0.15) is 32.1 Å². The van der Waals surface area contributed by atoms with Crippen molar-refractivity contribution in [2.45, 2.75) is 32.1 Å². The minimum absolute atomic E-state index is 0.220. The highest BCUT2D eigenvalue weighted by atomic mass is 14.4. The fourth-order valence-corrected chi connectivity index (χ4v) is 2.11. The Balaban J connectivity index is 2.86. The zero-order valence-electron chi connectivity index (χ0n) is 7.79. The third-order valence-electron chi connectivity index (χ3n) is 3.02. The van der Waals surface area contributed by atoms with Gasteiger partial charge in [-0.2, -0.15) is 10.5 Å². The van der Waals surface area contributed by atoms with E-state index in [1.165, 1.54) is 6.42 Å². The monoisotopic (exact) mass is 174 g/mol. The molecule has 1 saturated carbocycles. The smallest absolute Gasteiger partial charge is 0.142 e. The Hall–Kier alpha value is -1.28. The fraction of sp³-hybridized carbons (Fsp3) is 0.636. The summed E-state index contributed by atoms with van der Waals surface area (Å²) in [6.45, 7) is 3.77. The van der Waals surface area contributed by atoms with E-state index in [1.807, 2.05) is 6.08 Å². The third kappa shape index (κ3) is 1.73. The van der Waals surface area contributed by atoms with E-state index < -0.39 is 5.92 Å². The van der Waals surface area contributed by atoms with Gasteiger partial charge in [0.25, 0.3) is 0 Å². The number of nitriles is 2. The summed E-state index contributed by atoms with van der Waals surface area (Å²) in [7, 11) is 0. The van der Waals surface area contributed by atoms with E-state index >= 15 is 0 Å². The Labute approximate surface area is 79.5 Å². The lowest BCUT2D eigenvalue weighted by Crippen LogP contribution is -2.29. The van der Waals surface area contributed by atoms with Gasteiger partial charge >= 0.3 is 0 Å². The highest BCUT2D eigenvalue weighted by Gasteiger charge is 2.37. The summed E-state index contributed by atoms with van der Waals surface area (Å²) in [5.74, 6) is -0.509. The normalized spacial score (nSPS) is 20.2. The van der Waals surface area contributed by atoms with Gasteiger partial charge in [0, 0.05) is 5.41 Å². The number of hydrogen-bond donors (Lipinski definition) is 0. The van der Waals surface area contributed by atoms with Crippen LogP contribution in [0.25, 0.3) is 0 Å². The maximum absolute atomic E-state index is 8.85. The molecule has 0 heterocycles. The lowest BCUT2D eigenvalue weighted by Gasteiger charge is -2.34. The van der Waals surface area contributed by atoms with E-state index in [9.17, 15) is 0 Å². The van der Waals surface area contributed by atoms with Crippen LogP contribution < -0.4 is 0 Å². The van der Waals surface area contributed by atoms with Crippen LogP contribution in [-0.4, -0.2) is 0 Å². The van der Waals surface area contributed by atoms with Crippen LogP contribution in [-0.2, 0) is 0 Å². The number of nitrogens with zero attached hydrogens (tertiary/aromatic N) is 2. The second-order valence-corrected chi connectivity index (χ2v) is 3.69. The van der Waals surface area contributed by atoms with E-state index in [1.54, 1.807) is 0 Å². The molecule has 0 aliphatic heterocycles. The van der Waals surface area contributed by atoms with E-state index in [-0.39, 0.29) is 5.41 Å². The standard InChI is InChI=1S/C11H14N2/c1-2-11(10(8-12)9-13)6-4-3-5-7-11/h2,10H,1,3-7H2. The fourth-order valence-electron chi connectivity index (χ4n) is 2.11. The van der Waals surface area contributed by atoms with Gasteiger partial charge in [0.05, 0.1) is 12.1 Å². The zero-order valence-corrected chi connectivity index (χ0v) is 7.79. The highest BCUT2D eigenvalue weighted by Crippen LogP contribution is 2.43. The number of rotatable bonds is 2. The first-order chi connectivity index (χ1) is 6.29. The molecule has 2 heteroatoms. The molecule has 1 aliphatic carbocycles. The summed E-state index contributed by atoms with van der Waals surface area (Å²) in [5.41, 5.74) is -0.220. The SMILES string of the molecule is C=CC1(C(C#N)C#N)CCCCC1. The van der Waals surface area contributed by atoms with Gasteiger partial charge in [-0.25, -0.2) is 0 Å². The lowest BCUT2D eigenvalue weighted by molar-refractivity contribution is 0.225. The van der Waals surface area contributed by atoms with Crippen LogP contribution in [0.2, 0.25) is 0 Å². The molecule has 68 valence electrons. The maximum atomic E-state index is 8.85. The van der Waals surface area contributed by atoms with Crippen LogP contribution in [0.3, 0.4) is 0 Å². The molecule has 0 aromatic heterocycles. The van der Waals surface area contributed by atoms with Gasteiger partial charge in [0.15, 0.2) is 0 Å². The summed E-state index contributed by atoms with van der Waals surface area (Å²) in [6, 6.07) is 4.16. The van der Waals surface area contributed by atoms with Crippen molar-refractivity contribution in [3.63, 3.8) is 0 Å². The van der Waals surface area contributed by atoms with Gasteiger partial charge in [0.1, 0.15) is 5.92 Å². The van der Waals surface area contributed by atoms with Crippen LogP contribution >= 0.6 is 0 Å². The van der Waals surface area contributed by atoms with Crippen molar-refractivity contribution in [3.8, 4) is 12.1 Å². The van der Waals surface area contributed by atoms with Gasteiger partial charge in [-0.1, -0.05) is 25.3 Å². The molecule has 0 atom stereocenters. The van der Waals surface area contributed by atoms with Gasteiger partial charge < -0.3 is 0 Å². The molecule has 0 aromatic carbocycles. The molecule has 13 heavy (non-hydrogen) atoms. The molecule has 1 aliphatic rings. The highest BCUT2D eigenvalue weighted by molar-refractivity contribution is 5.15. The van der Waals surface area contributed by atoms with Crippen LogP contribution in [0.5, 0.6) is 0 Å². The van der Waals surface area contributed by atoms with Crippen molar-refractivity contribution in [2.24, 2.45) is 11.3 Å². The van der Waals surface area contributed by atoms with E-state index in [0.29, 0.717) is 0 Å². The molecule has 2 nitrogen and oxygen atoms in total. The Morgan fingerprint density at radius 3 is 2.08 bits per heavy atom. The second-order valence-electron chi connectivity index (χ2n) is 3.69. The topological polar surface area (TPSA) is 47.6 Å². The van der Waals surface area contributed by atoms with Crippen LogP contribution in [0.15, 0.2) is 12.7 Å². The Morgan fingerprint density at radius 1 is 1.15 bits per heavy atom. The zero-order chi connectivity index (χ0) is 9.73. The van der Waals surface area contributed by atoms with Crippen molar-refractivity contribution in [2.75, 3.05) is 0 Å². The Bertz CT molecular complexity index is 247. The van der Waals surface area contributed by atoms with Crippen LogP contribution in [0.4, 0.5) is 0 Å². The Morgan fingerprint density at radius 2 is 1.69 bits per heavy atom. The Kier molecular flexibility index (Phi) is 3.09. The van der Waals surface area contributed by atoms with Gasteiger partial charge in [-0.3, -0.25) is 0 Å². The van der Waals surface area contributed by atoms with E-state index in [2.05, 4.69) is 18.7 Å². The molecule has 0 amide bonds. The quantitative estimate of drug-likeness (QED) is 0.604. The van der Waals surface area contributed by atoms with Crippen LogP contribution in [0, 0.1) is 34.0 Å². The number of allylic oxidation sites excluding steroid dienone is 1. The van der Waals surface area contributed by atoms with Gasteiger partial charge in [-0.05, 0) is 12.8 Å². The third-order valence-corrected chi connectivity index (χ3v) is 3.02. The average Bonchev–Trinajstić information content (AvgIpc) is 2.21. The van der Waals surface area contributed by atoms with Crippen molar-refractivity contribution < 1.29 is 0 Å². The molecule has 0 N–H and O–H groups in total. The molecule has 0 radical (unpaired) electrons. The molecule has 0 unspecified atom stereocenters. The molecule has 1 rings (SSSR count).